The van der Waals surface area contributed by atoms with E-state index in [2.05, 4.69) is 5.43 Å². The molecule has 0 fully saturated rings. The van der Waals surface area contributed by atoms with Gasteiger partial charge >= 0.3 is 0 Å². The third-order valence-corrected chi connectivity index (χ3v) is 2.45. The van der Waals surface area contributed by atoms with Crippen LogP contribution < -0.4 is 16.0 Å². The summed E-state index contributed by atoms with van der Waals surface area (Å²) >= 11 is 0. The fourth-order valence-corrected chi connectivity index (χ4v) is 1.72. The van der Waals surface area contributed by atoms with Crippen molar-refractivity contribution in [1.82, 2.24) is 5.43 Å². The van der Waals surface area contributed by atoms with E-state index in [0.717, 1.165) is 18.4 Å². The maximum Gasteiger partial charge on any atom is 0.127 e. The molecule has 1 aliphatic rings. The predicted molar refractivity (Wildman–Crippen MR) is 51.2 cm³/mol. The molecule has 14 heavy (non-hydrogen) atoms. The quantitative estimate of drug-likeness (QED) is 0.528. The molecular formula is C10H13FN2O. The summed E-state index contributed by atoms with van der Waals surface area (Å²) in [6.45, 7) is 0.620. The van der Waals surface area contributed by atoms with Crippen LogP contribution in [-0.4, -0.2) is 6.61 Å². The Balaban J connectivity index is 2.39. The lowest BCUT2D eigenvalue weighted by Crippen LogP contribution is -2.27. The summed E-state index contributed by atoms with van der Waals surface area (Å²) < 4.78 is 18.4. The molecule has 0 amide bonds. The molecule has 0 aliphatic carbocycles. The van der Waals surface area contributed by atoms with Crippen LogP contribution >= 0.6 is 0 Å². The standard InChI is InChI=1S/C10H13FN2O/c11-7-3-4-8-9(13-12)2-1-5-14-10(8)6-7/h3-4,6,9,13H,1-2,5,12H2. The highest BCUT2D eigenvalue weighted by Crippen LogP contribution is 2.31. The predicted octanol–water partition coefficient (Wildman–Crippen LogP) is 1.50. The van der Waals surface area contributed by atoms with Gasteiger partial charge in [-0.2, -0.15) is 0 Å². The minimum atomic E-state index is -0.276. The van der Waals surface area contributed by atoms with E-state index in [9.17, 15) is 4.39 Å². The number of rotatable bonds is 1. The smallest absolute Gasteiger partial charge is 0.127 e. The van der Waals surface area contributed by atoms with Crippen LogP contribution in [0.2, 0.25) is 0 Å². The summed E-state index contributed by atoms with van der Waals surface area (Å²) in [6.07, 6.45) is 1.83. The lowest BCUT2D eigenvalue weighted by Gasteiger charge is -2.14. The summed E-state index contributed by atoms with van der Waals surface area (Å²) in [4.78, 5) is 0. The molecule has 0 bridgehead atoms. The van der Waals surface area contributed by atoms with Crippen molar-refractivity contribution in [3.05, 3.63) is 29.6 Å². The van der Waals surface area contributed by atoms with Gasteiger partial charge in [-0.15, -0.1) is 0 Å². The van der Waals surface area contributed by atoms with Gasteiger partial charge in [-0.1, -0.05) is 6.07 Å². The van der Waals surface area contributed by atoms with Crippen LogP contribution in [-0.2, 0) is 0 Å². The van der Waals surface area contributed by atoms with E-state index < -0.39 is 0 Å². The molecule has 3 N–H and O–H groups in total. The topological polar surface area (TPSA) is 47.3 Å². The highest BCUT2D eigenvalue weighted by molar-refractivity contribution is 5.37. The molecule has 0 spiro atoms. The van der Waals surface area contributed by atoms with Crippen LogP contribution in [0.4, 0.5) is 4.39 Å². The minimum Gasteiger partial charge on any atom is -0.493 e. The zero-order valence-electron chi connectivity index (χ0n) is 7.79. The van der Waals surface area contributed by atoms with Crippen molar-refractivity contribution in [1.29, 1.82) is 0 Å². The molecule has 1 atom stereocenters. The largest absolute Gasteiger partial charge is 0.493 e. The number of nitrogens with one attached hydrogen (secondary N) is 1. The van der Waals surface area contributed by atoms with Crippen molar-refractivity contribution >= 4 is 0 Å². The molecule has 0 saturated carbocycles. The molecule has 0 saturated heterocycles. The van der Waals surface area contributed by atoms with Gasteiger partial charge in [0.05, 0.1) is 6.61 Å². The minimum absolute atomic E-state index is 0.0631. The van der Waals surface area contributed by atoms with Crippen LogP contribution in [0.5, 0.6) is 5.75 Å². The van der Waals surface area contributed by atoms with Crippen LogP contribution in [0.1, 0.15) is 24.4 Å². The van der Waals surface area contributed by atoms with E-state index in [0.29, 0.717) is 12.4 Å². The molecule has 1 unspecified atom stereocenters. The lowest BCUT2D eigenvalue weighted by molar-refractivity contribution is 0.314. The van der Waals surface area contributed by atoms with Gasteiger partial charge in [0, 0.05) is 17.7 Å². The molecular weight excluding hydrogens is 183 g/mol. The van der Waals surface area contributed by atoms with Gasteiger partial charge in [0.2, 0.25) is 0 Å². The Kier molecular flexibility index (Phi) is 2.65. The van der Waals surface area contributed by atoms with Crippen molar-refractivity contribution in [3.63, 3.8) is 0 Å². The molecule has 3 nitrogen and oxygen atoms in total. The number of hydrogen-bond donors (Lipinski definition) is 2. The number of fused-ring (bicyclic) bond motifs is 1. The first-order chi connectivity index (χ1) is 6.81. The van der Waals surface area contributed by atoms with E-state index in [1.165, 1.54) is 12.1 Å². The van der Waals surface area contributed by atoms with Gasteiger partial charge in [-0.25, -0.2) is 4.39 Å². The lowest BCUT2D eigenvalue weighted by atomic mass is 10.0. The molecule has 1 aromatic carbocycles. The summed E-state index contributed by atoms with van der Waals surface area (Å²) in [7, 11) is 0. The van der Waals surface area contributed by atoms with Crippen LogP contribution in [0.25, 0.3) is 0 Å². The monoisotopic (exact) mass is 196 g/mol. The van der Waals surface area contributed by atoms with Crippen LogP contribution in [0.3, 0.4) is 0 Å². The second-order valence-corrected chi connectivity index (χ2v) is 3.39. The van der Waals surface area contributed by atoms with Crippen LogP contribution in [0.15, 0.2) is 18.2 Å². The van der Waals surface area contributed by atoms with E-state index in [-0.39, 0.29) is 11.9 Å². The highest BCUT2D eigenvalue weighted by Gasteiger charge is 2.18. The third-order valence-electron chi connectivity index (χ3n) is 2.45. The van der Waals surface area contributed by atoms with E-state index in [1.54, 1.807) is 6.07 Å². The number of hydrogen-bond acceptors (Lipinski definition) is 3. The van der Waals surface area contributed by atoms with Gasteiger partial charge < -0.3 is 4.74 Å². The Morgan fingerprint density at radius 1 is 1.50 bits per heavy atom. The molecule has 1 aliphatic heterocycles. The first-order valence-electron chi connectivity index (χ1n) is 4.69. The van der Waals surface area contributed by atoms with Crippen molar-refractivity contribution < 1.29 is 9.13 Å². The average Bonchev–Trinajstić information content (AvgIpc) is 2.38. The summed E-state index contributed by atoms with van der Waals surface area (Å²) in [6, 6.07) is 4.62. The maximum atomic E-state index is 12.9. The summed E-state index contributed by atoms with van der Waals surface area (Å²) in [5.41, 5.74) is 3.65. The normalized spacial score (nSPS) is 20.9. The molecule has 0 aromatic heterocycles. The Morgan fingerprint density at radius 2 is 2.36 bits per heavy atom. The first-order valence-corrected chi connectivity index (χ1v) is 4.69. The Bertz CT molecular complexity index is 330. The van der Waals surface area contributed by atoms with Crippen molar-refractivity contribution in [2.45, 2.75) is 18.9 Å². The van der Waals surface area contributed by atoms with E-state index in [1.807, 2.05) is 0 Å². The number of hydrazine groups is 1. The van der Waals surface area contributed by atoms with Crippen molar-refractivity contribution in [2.75, 3.05) is 6.61 Å². The summed E-state index contributed by atoms with van der Waals surface area (Å²) in [5, 5.41) is 0. The fraction of sp³-hybridized carbons (Fsp3) is 0.400. The van der Waals surface area contributed by atoms with E-state index in [4.69, 9.17) is 10.6 Å². The number of nitrogens with two attached hydrogens (primary N) is 1. The molecule has 0 radical (unpaired) electrons. The number of benzene rings is 1. The number of ether oxygens (including phenoxy) is 1. The molecule has 76 valence electrons. The van der Waals surface area contributed by atoms with Gasteiger partial charge in [0.25, 0.3) is 0 Å². The number of halogens is 1. The zero-order valence-corrected chi connectivity index (χ0v) is 7.79. The maximum absolute atomic E-state index is 12.9. The Morgan fingerprint density at radius 3 is 3.14 bits per heavy atom. The average molecular weight is 196 g/mol. The SMILES string of the molecule is NNC1CCCOc2cc(F)ccc21. The van der Waals surface area contributed by atoms with Crippen molar-refractivity contribution in [2.24, 2.45) is 5.84 Å². The van der Waals surface area contributed by atoms with E-state index >= 15 is 0 Å². The Labute approximate surface area is 82.0 Å². The van der Waals surface area contributed by atoms with Gasteiger partial charge in [0.15, 0.2) is 0 Å². The van der Waals surface area contributed by atoms with Crippen LogP contribution in [0, 0.1) is 5.82 Å². The molecule has 1 aromatic rings. The first kappa shape index (κ1) is 9.43. The molecule has 1 heterocycles. The summed E-state index contributed by atoms with van der Waals surface area (Å²) in [5.74, 6) is 5.75. The van der Waals surface area contributed by atoms with Gasteiger partial charge in [-0.05, 0) is 18.9 Å². The second kappa shape index (κ2) is 3.94. The fourth-order valence-electron chi connectivity index (χ4n) is 1.72. The second-order valence-electron chi connectivity index (χ2n) is 3.39. The van der Waals surface area contributed by atoms with Gasteiger partial charge in [-0.3, -0.25) is 11.3 Å². The highest BCUT2D eigenvalue weighted by atomic mass is 19.1. The Hall–Kier alpha value is -1.13. The van der Waals surface area contributed by atoms with Gasteiger partial charge in [0.1, 0.15) is 11.6 Å². The van der Waals surface area contributed by atoms with Crippen molar-refractivity contribution in [3.8, 4) is 5.75 Å². The molecule has 2 rings (SSSR count). The molecule has 4 heteroatoms. The third kappa shape index (κ3) is 1.71. The zero-order chi connectivity index (χ0) is 9.97.